The molecule has 198 valence electrons. The summed E-state index contributed by atoms with van der Waals surface area (Å²) in [5.41, 5.74) is 0.998. The van der Waals surface area contributed by atoms with Gasteiger partial charge in [0, 0.05) is 29.2 Å². The smallest absolute Gasteiger partial charge is 0.272 e. The van der Waals surface area contributed by atoms with Gasteiger partial charge in [-0.05, 0) is 54.6 Å². The summed E-state index contributed by atoms with van der Waals surface area (Å²) in [6.45, 7) is 1.44. The van der Waals surface area contributed by atoms with Crippen molar-refractivity contribution in [1.29, 1.82) is 0 Å². The Balaban J connectivity index is 1.53. The third kappa shape index (κ3) is 5.83. The Hall–Kier alpha value is -3.85. The van der Waals surface area contributed by atoms with Gasteiger partial charge in [0.15, 0.2) is 11.5 Å². The molecule has 0 bridgehead atoms. The molecule has 3 aromatic rings. The molecule has 1 aliphatic heterocycles. The Morgan fingerprint density at radius 3 is 2.50 bits per heavy atom. The quantitative estimate of drug-likeness (QED) is 0.442. The van der Waals surface area contributed by atoms with Gasteiger partial charge in [0.25, 0.3) is 5.91 Å². The first-order chi connectivity index (χ1) is 18.5. The molecule has 5 rings (SSSR count). The van der Waals surface area contributed by atoms with Gasteiger partial charge in [-0.3, -0.25) is 19.3 Å². The molecule has 1 aromatic heterocycles. The lowest BCUT2D eigenvalue weighted by Gasteiger charge is -2.36. The van der Waals surface area contributed by atoms with Gasteiger partial charge >= 0.3 is 0 Å². The first kappa shape index (κ1) is 25.8. The molecule has 2 heterocycles. The van der Waals surface area contributed by atoms with Gasteiger partial charge in [-0.25, -0.2) is 0 Å². The molecule has 1 fully saturated rings. The van der Waals surface area contributed by atoms with Crippen LogP contribution in [0.25, 0.3) is 0 Å². The molecule has 0 spiro atoms. The van der Waals surface area contributed by atoms with E-state index in [1.165, 1.54) is 29.6 Å². The van der Waals surface area contributed by atoms with Crippen molar-refractivity contribution in [3.63, 3.8) is 0 Å². The predicted molar refractivity (Wildman–Crippen MR) is 147 cm³/mol. The van der Waals surface area contributed by atoms with Gasteiger partial charge in [0.2, 0.25) is 17.9 Å². The van der Waals surface area contributed by atoms with E-state index in [0.717, 1.165) is 30.6 Å². The summed E-state index contributed by atoms with van der Waals surface area (Å²) in [6.07, 6.45) is 4.20. The van der Waals surface area contributed by atoms with E-state index in [-0.39, 0.29) is 24.5 Å². The maximum atomic E-state index is 14.2. The third-order valence-electron chi connectivity index (χ3n) is 6.74. The van der Waals surface area contributed by atoms with E-state index in [0.29, 0.717) is 22.9 Å². The van der Waals surface area contributed by atoms with Crippen molar-refractivity contribution in [2.45, 2.75) is 57.2 Å². The number of anilines is 2. The number of nitrogens with zero attached hydrogens (tertiary/aromatic N) is 1. The van der Waals surface area contributed by atoms with Crippen molar-refractivity contribution in [3.8, 4) is 11.5 Å². The topological polar surface area (TPSA) is 97.0 Å². The lowest BCUT2D eigenvalue weighted by atomic mass is 9.95. The zero-order valence-electron chi connectivity index (χ0n) is 21.2. The predicted octanol–water partition coefficient (Wildman–Crippen LogP) is 5.07. The molecule has 1 aliphatic carbocycles. The molecular formula is C29H31N3O5S. The van der Waals surface area contributed by atoms with E-state index in [9.17, 15) is 14.4 Å². The van der Waals surface area contributed by atoms with Gasteiger partial charge in [0.1, 0.15) is 12.6 Å². The molecule has 9 heteroatoms. The normalized spacial score (nSPS) is 17.8. The molecule has 1 saturated carbocycles. The molecular weight excluding hydrogens is 502 g/mol. The fraction of sp³-hybridized carbons (Fsp3) is 0.345. The largest absolute Gasteiger partial charge is 0.485 e. The third-order valence-corrected chi connectivity index (χ3v) is 7.66. The summed E-state index contributed by atoms with van der Waals surface area (Å²) in [6, 6.07) is 17.0. The van der Waals surface area contributed by atoms with Crippen LogP contribution < -0.4 is 25.0 Å². The van der Waals surface area contributed by atoms with E-state index < -0.39 is 18.1 Å². The highest BCUT2D eigenvalue weighted by Crippen LogP contribution is 2.36. The summed E-state index contributed by atoms with van der Waals surface area (Å²) < 4.78 is 11.9. The zero-order chi connectivity index (χ0) is 26.5. The summed E-state index contributed by atoms with van der Waals surface area (Å²) in [5.74, 6) is 0.168. The molecule has 2 N–H and O–H groups in total. The molecule has 38 heavy (non-hydrogen) atoms. The highest BCUT2D eigenvalue weighted by atomic mass is 32.1. The number of hydrogen-bond donors (Lipinski definition) is 2. The van der Waals surface area contributed by atoms with E-state index in [1.807, 2.05) is 29.6 Å². The van der Waals surface area contributed by atoms with Crippen LogP contribution in [-0.4, -0.2) is 36.5 Å². The fourth-order valence-corrected chi connectivity index (χ4v) is 5.80. The highest BCUT2D eigenvalue weighted by Gasteiger charge is 2.40. The van der Waals surface area contributed by atoms with Gasteiger partial charge < -0.3 is 20.1 Å². The number of fused-ring (bicyclic) bond motifs is 1. The molecule has 2 aliphatic rings. The zero-order valence-corrected chi connectivity index (χ0v) is 22.0. The lowest BCUT2D eigenvalue weighted by Crippen LogP contribution is -2.52. The van der Waals surface area contributed by atoms with Crippen molar-refractivity contribution < 1.29 is 23.9 Å². The minimum Gasteiger partial charge on any atom is -0.485 e. The maximum Gasteiger partial charge on any atom is 0.272 e. The van der Waals surface area contributed by atoms with E-state index in [2.05, 4.69) is 10.6 Å². The van der Waals surface area contributed by atoms with Crippen LogP contribution in [-0.2, 0) is 14.4 Å². The second-order valence-corrected chi connectivity index (χ2v) is 10.5. The molecule has 2 atom stereocenters. The number of carbonyl (C=O) groups excluding carboxylic acids is 3. The number of ether oxygens (including phenoxy) is 2. The van der Waals surface area contributed by atoms with Crippen LogP contribution >= 0.6 is 11.3 Å². The second-order valence-electron chi connectivity index (χ2n) is 9.57. The van der Waals surface area contributed by atoms with Crippen LogP contribution in [0.5, 0.6) is 11.5 Å². The molecule has 3 amide bonds. The van der Waals surface area contributed by atoms with Gasteiger partial charge in [0.05, 0.1) is 0 Å². The van der Waals surface area contributed by atoms with Crippen LogP contribution in [0, 0.1) is 0 Å². The van der Waals surface area contributed by atoms with Gasteiger partial charge in [-0.2, -0.15) is 0 Å². The van der Waals surface area contributed by atoms with Crippen LogP contribution in [0.15, 0.2) is 66.0 Å². The van der Waals surface area contributed by atoms with Gasteiger partial charge in [-0.15, -0.1) is 11.3 Å². The molecule has 0 unspecified atom stereocenters. The summed E-state index contributed by atoms with van der Waals surface area (Å²) >= 11 is 1.42. The SMILES string of the molecule is CC(=O)Nc1cccc(N(C(=O)[C@H]2COc3ccccc3O2)[C@H](C(=O)NC2CCCCC2)c2cccs2)c1. The first-order valence-electron chi connectivity index (χ1n) is 12.9. The Morgan fingerprint density at radius 2 is 1.76 bits per heavy atom. The Labute approximate surface area is 225 Å². The van der Waals surface area contributed by atoms with E-state index in [1.54, 1.807) is 36.4 Å². The number of benzene rings is 2. The number of para-hydroxylation sites is 2. The minimum atomic E-state index is -0.959. The Kier molecular flexibility index (Phi) is 7.93. The number of carbonyl (C=O) groups is 3. The molecule has 2 aromatic carbocycles. The second kappa shape index (κ2) is 11.7. The monoisotopic (exact) mass is 533 g/mol. The number of nitrogens with one attached hydrogen (secondary N) is 2. The molecule has 8 nitrogen and oxygen atoms in total. The van der Waals surface area contributed by atoms with Crippen molar-refractivity contribution in [3.05, 3.63) is 70.9 Å². The van der Waals surface area contributed by atoms with Gasteiger partial charge in [-0.1, -0.05) is 43.5 Å². The lowest BCUT2D eigenvalue weighted by molar-refractivity contribution is -0.132. The fourth-order valence-electron chi connectivity index (χ4n) is 4.98. The standard InChI is InChI=1S/C29H31N3O5S/c1-19(33)30-21-11-7-12-22(17-21)32(29(35)25-18-36-23-13-5-6-14-24(23)37-25)27(26-15-8-16-38-26)28(34)31-20-9-3-2-4-10-20/h5-8,11-17,20,25,27H,2-4,9-10,18H2,1H3,(H,30,33)(H,31,34)/t25-,27+/m1/s1. The number of hydrogen-bond acceptors (Lipinski definition) is 6. The first-order valence-corrected chi connectivity index (χ1v) is 13.8. The minimum absolute atomic E-state index is 0.0130. The molecule has 0 radical (unpaired) electrons. The number of thiophene rings is 1. The summed E-state index contributed by atoms with van der Waals surface area (Å²) in [4.78, 5) is 42.1. The summed E-state index contributed by atoms with van der Waals surface area (Å²) in [5, 5.41) is 7.87. The van der Waals surface area contributed by atoms with Crippen LogP contribution in [0.3, 0.4) is 0 Å². The van der Waals surface area contributed by atoms with Crippen molar-refractivity contribution in [2.24, 2.45) is 0 Å². The number of rotatable bonds is 7. The Morgan fingerprint density at radius 1 is 0.974 bits per heavy atom. The Bertz CT molecular complexity index is 1290. The van der Waals surface area contributed by atoms with Crippen molar-refractivity contribution >= 4 is 40.4 Å². The molecule has 0 saturated heterocycles. The van der Waals surface area contributed by atoms with E-state index >= 15 is 0 Å². The van der Waals surface area contributed by atoms with Crippen LogP contribution in [0.4, 0.5) is 11.4 Å². The average Bonchev–Trinajstić information content (AvgIpc) is 3.46. The number of amides is 3. The van der Waals surface area contributed by atoms with Crippen LogP contribution in [0.1, 0.15) is 49.9 Å². The van der Waals surface area contributed by atoms with Crippen molar-refractivity contribution in [1.82, 2.24) is 5.32 Å². The maximum absolute atomic E-state index is 14.2. The van der Waals surface area contributed by atoms with Crippen LogP contribution in [0.2, 0.25) is 0 Å². The summed E-state index contributed by atoms with van der Waals surface area (Å²) in [7, 11) is 0. The van der Waals surface area contributed by atoms with Crippen molar-refractivity contribution in [2.75, 3.05) is 16.8 Å². The van der Waals surface area contributed by atoms with E-state index in [4.69, 9.17) is 9.47 Å². The highest BCUT2D eigenvalue weighted by molar-refractivity contribution is 7.10. The average molecular weight is 534 g/mol.